The highest BCUT2D eigenvalue weighted by Crippen LogP contribution is 2.26. The highest BCUT2D eigenvalue weighted by Gasteiger charge is 2.23. The molecule has 2 aromatic carbocycles. The quantitative estimate of drug-likeness (QED) is 0.762. The van der Waals surface area contributed by atoms with Crippen molar-refractivity contribution in [3.63, 3.8) is 0 Å². The van der Waals surface area contributed by atoms with Gasteiger partial charge < -0.3 is 0 Å². The molecule has 0 aromatic heterocycles. The van der Waals surface area contributed by atoms with Crippen molar-refractivity contribution < 1.29 is 8.42 Å². The third-order valence-electron chi connectivity index (χ3n) is 3.05. The second kappa shape index (κ2) is 6.73. The van der Waals surface area contributed by atoms with E-state index in [1.807, 2.05) is 25.3 Å². The minimum atomic E-state index is -3.56. The van der Waals surface area contributed by atoms with Gasteiger partial charge in [-0.15, -0.1) is 11.8 Å². The van der Waals surface area contributed by atoms with Gasteiger partial charge in [0.2, 0.25) is 0 Å². The Bertz CT molecular complexity index is 697. The van der Waals surface area contributed by atoms with Crippen LogP contribution < -0.4 is 4.31 Å². The predicted octanol–water partition coefficient (Wildman–Crippen LogP) is 4.28. The van der Waals surface area contributed by atoms with Crippen molar-refractivity contribution in [1.29, 1.82) is 0 Å². The molecular formula is C15H16ClNO2S2. The number of rotatable bonds is 5. The van der Waals surface area contributed by atoms with E-state index >= 15 is 0 Å². The fourth-order valence-corrected chi connectivity index (χ4v) is 3.98. The molecule has 3 nitrogen and oxygen atoms in total. The molecule has 2 aromatic rings. The third kappa shape index (κ3) is 3.54. The first-order chi connectivity index (χ1) is 9.98. The van der Waals surface area contributed by atoms with Crippen LogP contribution in [0.3, 0.4) is 0 Å². The number of hydrogen-bond donors (Lipinski definition) is 0. The molecule has 0 aliphatic heterocycles. The number of benzene rings is 2. The largest absolute Gasteiger partial charge is 0.267 e. The highest BCUT2D eigenvalue weighted by molar-refractivity contribution is 7.98. The average Bonchev–Trinajstić information content (AvgIpc) is 2.50. The van der Waals surface area contributed by atoms with E-state index in [2.05, 4.69) is 0 Å². The highest BCUT2D eigenvalue weighted by atomic mass is 35.5. The van der Waals surface area contributed by atoms with Gasteiger partial charge in [-0.3, -0.25) is 4.31 Å². The predicted molar refractivity (Wildman–Crippen MR) is 89.9 cm³/mol. The molecule has 0 aliphatic carbocycles. The van der Waals surface area contributed by atoms with E-state index in [1.54, 1.807) is 48.2 Å². The van der Waals surface area contributed by atoms with Gasteiger partial charge in [0, 0.05) is 16.5 Å². The molecule has 0 heterocycles. The summed E-state index contributed by atoms with van der Waals surface area (Å²) in [5, 5.41) is 0.580. The topological polar surface area (TPSA) is 37.4 Å². The van der Waals surface area contributed by atoms with Crippen molar-refractivity contribution >= 4 is 39.1 Å². The van der Waals surface area contributed by atoms with Crippen LogP contribution >= 0.6 is 23.4 Å². The van der Waals surface area contributed by atoms with Crippen LogP contribution in [0, 0.1) is 0 Å². The van der Waals surface area contributed by atoms with Crippen molar-refractivity contribution in [2.45, 2.75) is 16.7 Å². The van der Waals surface area contributed by atoms with Crippen LogP contribution in [0.4, 0.5) is 5.69 Å². The van der Waals surface area contributed by atoms with Crippen molar-refractivity contribution in [1.82, 2.24) is 0 Å². The minimum absolute atomic E-state index is 0.289. The molecule has 112 valence electrons. The van der Waals surface area contributed by atoms with Crippen LogP contribution in [0.1, 0.15) is 6.92 Å². The number of nitrogens with zero attached hydrogens (tertiary/aromatic N) is 1. The van der Waals surface area contributed by atoms with E-state index in [0.717, 1.165) is 4.90 Å². The lowest BCUT2D eigenvalue weighted by molar-refractivity contribution is 0.592. The Hall–Kier alpha value is -1.17. The maximum Gasteiger partial charge on any atom is 0.264 e. The van der Waals surface area contributed by atoms with Crippen LogP contribution in [-0.2, 0) is 10.0 Å². The molecule has 6 heteroatoms. The Balaban J connectivity index is 2.41. The van der Waals surface area contributed by atoms with Gasteiger partial charge in [-0.25, -0.2) is 8.42 Å². The first kappa shape index (κ1) is 16.2. The van der Waals surface area contributed by atoms with E-state index in [9.17, 15) is 8.42 Å². The molecule has 0 fully saturated rings. The standard InChI is InChI=1S/C15H16ClNO2S2/c1-3-17(13-6-4-12(16)5-7-13)21(18,19)15-10-8-14(20-2)9-11-15/h4-11H,3H2,1-2H3. The van der Waals surface area contributed by atoms with E-state index in [1.165, 1.54) is 4.31 Å². The smallest absolute Gasteiger partial charge is 0.264 e. The molecule has 0 spiro atoms. The SMILES string of the molecule is CCN(c1ccc(Cl)cc1)S(=O)(=O)c1ccc(SC)cc1. The number of sulfonamides is 1. The van der Waals surface area contributed by atoms with Gasteiger partial charge in [-0.2, -0.15) is 0 Å². The molecule has 0 bridgehead atoms. The summed E-state index contributed by atoms with van der Waals surface area (Å²) in [6, 6.07) is 13.7. The first-order valence-corrected chi connectivity index (χ1v) is 9.45. The van der Waals surface area contributed by atoms with Crippen LogP contribution in [0.15, 0.2) is 58.3 Å². The van der Waals surface area contributed by atoms with Crippen molar-refractivity contribution in [2.24, 2.45) is 0 Å². The summed E-state index contributed by atoms with van der Waals surface area (Å²) in [6.07, 6.45) is 1.95. The van der Waals surface area contributed by atoms with Gasteiger partial charge in [0.25, 0.3) is 10.0 Å². The van der Waals surface area contributed by atoms with Crippen molar-refractivity contribution in [3.8, 4) is 0 Å². The summed E-state index contributed by atoms with van der Waals surface area (Å²) >= 11 is 7.43. The average molecular weight is 342 g/mol. The van der Waals surface area contributed by atoms with Gasteiger partial charge >= 0.3 is 0 Å². The molecule has 0 N–H and O–H groups in total. The lowest BCUT2D eigenvalue weighted by Gasteiger charge is -2.23. The van der Waals surface area contributed by atoms with Gasteiger partial charge in [0.05, 0.1) is 10.6 Å². The molecule has 21 heavy (non-hydrogen) atoms. The van der Waals surface area contributed by atoms with Gasteiger partial charge in [0.1, 0.15) is 0 Å². The Kier molecular flexibility index (Phi) is 5.19. The Morgan fingerprint density at radius 1 is 1.05 bits per heavy atom. The van der Waals surface area contributed by atoms with Crippen LogP contribution in [0.2, 0.25) is 5.02 Å². The Labute approximate surface area is 135 Å². The number of thioether (sulfide) groups is 1. The number of anilines is 1. The molecular weight excluding hydrogens is 326 g/mol. The van der Waals surface area contributed by atoms with E-state index < -0.39 is 10.0 Å². The van der Waals surface area contributed by atoms with Crippen LogP contribution in [0.5, 0.6) is 0 Å². The second-order valence-corrected chi connectivity index (χ2v) is 7.50. The molecule has 0 radical (unpaired) electrons. The molecule has 0 atom stereocenters. The maximum atomic E-state index is 12.7. The molecule has 0 saturated heterocycles. The zero-order valence-corrected chi connectivity index (χ0v) is 14.2. The lowest BCUT2D eigenvalue weighted by atomic mass is 10.3. The zero-order chi connectivity index (χ0) is 15.5. The number of hydrogen-bond acceptors (Lipinski definition) is 3. The monoisotopic (exact) mass is 341 g/mol. The zero-order valence-electron chi connectivity index (χ0n) is 11.8. The minimum Gasteiger partial charge on any atom is -0.267 e. The molecule has 0 saturated carbocycles. The van der Waals surface area contributed by atoms with E-state index in [-0.39, 0.29) is 4.90 Å². The summed E-state index contributed by atoms with van der Waals surface area (Å²) in [7, 11) is -3.56. The normalized spacial score (nSPS) is 11.4. The van der Waals surface area contributed by atoms with Gasteiger partial charge in [0.15, 0.2) is 0 Å². The lowest BCUT2D eigenvalue weighted by Crippen LogP contribution is -2.30. The fraction of sp³-hybridized carbons (Fsp3) is 0.200. The summed E-state index contributed by atoms with van der Waals surface area (Å²) in [4.78, 5) is 1.32. The van der Waals surface area contributed by atoms with Crippen molar-refractivity contribution in [3.05, 3.63) is 53.6 Å². The molecule has 2 rings (SSSR count). The van der Waals surface area contributed by atoms with Crippen LogP contribution in [-0.4, -0.2) is 21.2 Å². The second-order valence-electron chi connectivity index (χ2n) is 4.32. The summed E-state index contributed by atoms with van der Waals surface area (Å²) in [5.41, 5.74) is 0.607. The van der Waals surface area contributed by atoms with Gasteiger partial charge in [-0.1, -0.05) is 11.6 Å². The fourth-order valence-electron chi connectivity index (χ4n) is 1.97. The van der Waals surface area contributed by atoms with E-state index in [4.69, 9.17) is 11.6 Å². The summed E-state index contributed by atoms with van der Waals surface area (Å²) < 4.78 is 26.8. The molecule has 0 amide bonds. The maximum absolute atomic E-state index is 12.7. The van der Waals surface area contributed by atoms with Crippen molar-refractivity contribution in [2.75, 3.05) is 17.1 Å². The summed E-state index contributed by atoms with van der Waals surface area (Å²) in [6.45, 7) is 2.16. The number of halogens is 1. The molecule has 0 aliphatic rings. The van der Waals surface area contributed by atoms with Gasteiger partial charge in [-0.05, 0) is 61.7 Å². The van der Waals surface area contributed by atoms with E-state index in [0.29, 0.717) is 17.3 Å². The van der Waals surface area contributed by atoms with Crippen LogP contribution in [0.25, 0.3) is 0 Å². The first-order valence-electron chi connectivity index (χ1n) is 6.41. The third-order valence-corrected chi connectivity index (χ3v) is 5.96. The Morgan fingerprint density at radius 3 is 2.10 bits per heavy atom. The molecule has 0 unspecified atom stereocenters. The Morgan fingerprint density at radius 2 is 1.62 bits per heavy atom. The summed E-state index contributed by atoms with van der Waals surface area (Å²) in [5.74, 6) is 0.